The number of nitrogens with zero attached hydrogens (tertiary/aromatic N) is 1. The first-order chi connectivity index (χ1) is 8.88. The van der Waals surface area contributed by atoms with E-state index in [0.717, 1.165) is 24.8 Å². The second-order valence-electron chi connectivity index (χ2n) is 5.34. The van der Waals surface area contributed by atoms with Crippen molar-refractivity contribution in [3.63, 3.8) is 0 Å². The standard InChI is InChI=1S/C15H22N2O/c1-18-14-6-4-13(5-7-14)15(12-2-3-12)17-10-8-16-9-11-17/h4-7,12,15-16H,2-3,8-11H2,1H3. The molecule has 3 heteroatoms. The van der Waals surface area contributed by atoms with E-state index in [2.05, 4.69) is 34.5 Å². The molecule has 18 heavy (non-hydrogen) atoms. The van der Waals surface area contributed by atoms with Gasteiger partial charge in [-0.05, 0) is 36.5 Å². The maximum absolute atomic E-state index is 5.25. The molecule has 0 amide bonds. The van der Waals surface area contributed by atoms with Crippen molar-refractivity contribution >= 4 is 0 Å². The van der Waals surface area contributed by atoms with Gasteiger partial charge in [0.1, 0.15) is 5.75 Å². The predicted octanol–water partition coefficient (Wildman–Crippen LogP) is 2.05. The second-order valence-corrected chi connectivity index (χ2v) is 5.34. The summed E-state index contributed by atoms with van der Waals surface area (Å²) >= 11 is 0. The summed E-state index contributed by atoms with van der Waals surface area (Å²) in [6, 6.07) is 9.28. The first-order valence-corrected chi connectivity index (χ1v) is 6.97. The fourth-order valence-corrected chi connectivity index (χ4v) is 2.95. The highest BCUT2D eigenvalue weighted by atomic mass is 16.5. The zero-order valence-corrected chi connectivity index (χ0v) is 11.1. The summed E-state index contributed by atoms with van der Waals surface area (Å²) in [5.74, 6) is 1.82. The lowest BCUT2D eigenvalue weighted by Gasteiger charge is -2.35. The van der Waals surface area contributed by atoms with Crippen LogP contribution < -0.4 is 10.1 Å². The Bertz CT molecular complexity index is 380. The van der Waals surface area contributed by atoms with Crippen molar-refractivity contribution in [1.82, 2.24) is 10.2 Å². The lowest BCUT2D eigenvalue weighted by atomic mass is 9.99. The molecule has 1 aromatic rings. The van der Waals surface area contributed by atoms with Gasteiger partial charge in [0.25, 0.3) is 0 Å². The molecule has 3 nitrogen and oxygen atoms in total. The Balaban J connectivity index is 1.79. The third-order valence-electron chi connectivity index (χ3n) is 4.07. The lowest BCUT2D eigenvalue weighted by molar-refractivity contribution is 0.156. The van der Waals surface area contributed by atoms with E-state index in [1.807, 2.05) is 0 Å². The first-order valence-electron chi connectivity index (χ1n) is 6.97. The van der Waals surface area contributed by atoms with Gasteiger partial charge in [-0.15, -0.1) is 0 Å². The Morgan fingerprint density at radius 2 is 1.83 bits per heavy atom. The van der Waals surface area contributed by atoms with Crippen LogP contribution in [0.1, 0.15) is 24.4 Å². The highest BCUT2D eigenvalue weighted by Crippen LogP contribution is 2.44. The molecule has 98 valence electrons. The van der Waals surface area contributed by atoms with Crippen molar-refractivity contribution in [3.8, 4) is 5.75 Å². The zero-order chi connectivity index (χ0) is 12.4. The highest BCUT2D eigenvalue weighted by Gasteiger charge is 2.36. The molecule has 0 radical (unpaired) electrons. The van der Waals surface area contributed by atoms with Crippen LogP contribution in [0.15, 0.2) is 24.3 Å². The summed E-state index contributed by atoms with van der Waals surface area (Å²) in [7, 11) is 1.73. The molecule has 2 fully saturated rings. The van der Waals surface area contributed by atoms with E-state index in [9.17, 15) is 0 Å². The number of ether oxygens (including phenoxy) is 1. The van der Waals surface area contributed by atoms with Gasteiger partial charge in [-0.2, -0.15) is 0 Å². The Labute approximate surface area is 109 Å². The minimum absolute atomic E-state index is 0.623. The van der Waals surface area contributed by atoms with Gasteiger partial charge in [-0.3, -0.25) is 4.90 Å². The Morgan fingerprint density at radius 1 is 1.17 bits per heavy atom. The van der Waals surface area contributed by atoms with Gasteiger partial charge in [0, 0.05) is 32.2 Å². The van der Waals surface area contributed by atoms with Crippen LogP contribution in [0.3, 0.4) is 0 Å². The van der Waals surface area contributed by atoms with Crippen LogP contribution in [-0.2, 0) is 0 Å². The highest BCUT2D eigenvalue weighted by molar-refractivity contribution is 5.30. The third-order valence-corrected chi connectivity index (χ3v) is 4.07. The van der Waals surface area contributed by atoms with Gasteiger partial charge in [0.2, 0.25) is 0 Å². The van der Waals surface area contributed by atoms with Crippen molar-refractivity contribution < 1.29 is 4.74 Å². The molecular weight excluding hydrogens is 224 g/mol. The summed E-state index contributed by atoms with van der Waals surface area (Å²) in [6.07, 6.45) is 2.78. The van der Waals surface area contributed by atoms with Crippen molar-refractivity contribution in [2.75, 3.05) is 33.3 Å². The molecule has 1 saturated heterocycles. The van der Waals surface area contributed by atoms with Crippen LogP contribution in [0.5, 0.6) is 5.75 Å². The first kappa shape index (κ1) is 12.0. The van der Waals surface area contributed by atoms with E-state index in [-0.39, 0.29) is 0 Å². The van der Waals surface area contributed by atoms with E-state index in [0.29, 0.717) is 6.04 Å². The van der Waals surface area contributed by atoms with E-state index in [1.54, 1.807) is 7.11 Å². The van der Waals surface area contributed by atoms with E-state index >= 15 is 0 Å². The zero-order valence-electron chi connectivity index (χ0n) is 11.1. The van der Waals surface area contributed by atoms with Crippen LogP contribution in [0.2, 0.25) is 0 Å². The molecule has 1 N–H and O–H groups in total. The fraction of sp³-hybridized carbons (Fsp3) is 0.600. The largest absolute Gasteiger partial charge is 0.497 e. The summed E-state index contributed by atoms with van der Waals surface area (Å²) in [5, 5.41) is 3.44. The smallest absolute Gasteiger partial charge is 0.118 e. The quantitative estimate of drug-likeness (QED) is 0.880. The summed E-state index contributed by atoms with van der Waals surface area (Å²) in [4.78, 5) is 2.65. The van der Waals surface area contributed by atoms with E-state index in [1.165, 1.54) is 31.5 Å². The van der Waals surface area contributed by atoms with Gasteiger partial charge in [0.15, 0.2) is 0 Å². The molecule has 1 atom stereocenters. The Hall–Kier alpha value is -1.06. The minimum atomic E-state index is 0.623. The van der Waals surface area contributed by atoms with Gasteiger partial charge in [0.05, 0.1) is 7.11 Å². The third kappa shape index (κ3) is 2.52. The molecule has 0 spiro atoms. The normalized spacial score (nSPS) is 22.7. The van der Waals surface area contributed by atoms with Gasteiger partial charge in [-0.1, -0.05) is 12.1 Å². The molecule has 2 aliphatic rings. The molecule has 0 aromatic heterocycles. The topological polar surface area (TPSA) is 24.5 Å². The molecule has 1 unspecified atom stereocenters. The predicted molar refractivity (Wildman–Crippen MR) is 72.9 cm³/mol. The molecular formula is C15H22N2O. The average molecular weight is 246 g/mol. The molecule has 1 aromatic carbocycles. The maximum atomic E-state index is 5.25. The number of piperazine rings is 1. The van der Waals surface area contributed by atoms with Gasteiger partial charge < -0.3 is 10.1 Å². The molecule has 1 heterocycles. The van der Waals surface area contributed by atoms with Crippen LogP contribution in [-0.4, -0.2) is 38.2 Å². The number of rotatable bonds is 4. The van der Waals surface area contributed by atoms with Gasteiger partial charge in [-0.25, -0.2) is 0 Å². The Morgan fingerprint density at radius 3 is 2.39 bits per heavy atom. The van der Waals surface area contributed by atoms with Crippen LogP contribution >= 0.6 is 0 Å². The lowest BCUT2D eigenvalue weighted by Crippen LogP contribution is -2.45. The van der Waals surface area contributed by atoms with Crippen LogP contribution in [0.25, 0.3) is 0 Å². The Kier molecular flexibility index (Phi) is 3.52. The molecule has 0 bridgehead atoms. The maximum Gasteiger partial charge on any atom is 0.118 e. The van der Waals surface area contributed by atoms with Crippen molar-refractivity contribution in [2.45, 2.75) is 18.9 Å². The number of nitrogens with one attached hydrogen (secondary N) is 1. The average Bonchev–Trinajstić information content (AvgIpc) is 3.26. The van der Waals surface area contributed by atoms with Crippen LogP contribution in [0, 0.1) is 5.92 Å². The number of benzene rings is 1. The van der Waals surface area contributed by atoms with Crippen molar-refractivity contribution in [3.05, 3.63) is 29.8 Å². The molecule has 1 aliphatic heterocycles. The van der Waals surface area contributed by atoms with E-state index < -0.39 is 0 Å². The summed E-state index contributed by atoms with van der Waals surface area (Å²) < 4.78 is 5.25. The number of hydrogen-bond acceptors (Lipinski definition) is 3. The summed E-state index contributed by atoms with van der Waals surface area (Å²) in [5.41, 5.74) is 1.46. The van der Waals surface area contributed by atoms with Crippen molar-refractivity contribution in [2.24, 2.45) is 5.92 Å². The molecule has 1 saturated carbocycles. The monoisotopic (exact) mass is 246 g/mol. The molecule has 1 aliphatic carbocycles. The number of methoxy groups -OCH3 is 1. The number of hydrogen-bond donors (Lipinski definition) is 1. The van der Waals surface area contributed by atoms with Gasteiger partial charge >= 0.3 is 0 Å². The SMILES string of the molecule is COc1ccc(C(C2CC2)N2CCNCC2)cc1. The summed E-state index contributed by atoms with van der Waals surface area (Å²) in [6.45, 7) is 4.60. The molecule has 3 rings (SSSR count). The fourth-order valence-electron chi connectivity index (χ4n) is 2.95. The van der Waals surface area contributed by atoms with E-state index in [4.69, 9.17) is 4.74 Å². The second kappa shape index (κ2) is 5.29. The van der Waals surface area contributed by atoms with Crippen molar-refractivity contribution in [1.29, 1.82) is 0 Å². The minimum Gasteiger partial charge on any atom is -0.497 e. The van der Waals surface area contributed by atoms with Crippen LogP contribution in [0.4, 0.5) is 0 Å².